The molecule has 26 heavy (non-hydrogen) atoms. The molecule has 1 aromatic heterocycles. The summed E-state index contributed by atoms with van der Waals surface area (Å²) in [4.78, 5) is 42.4. The van der Waals surface area contributed by atoms with Gasteiger partial charge in [-0.3, -0.25) is 19.4 Å². The lowest BCUT2D eigenvalue weighted by Gasteiger charge is -2.26. The van der Waals surface area contributed by atoms with Crippen LogP contribution in [0.2, 0.25) is 0 Å². The minimum atomic E-state index is -0.346. The van der Waals surface area contributed by atoms with E-state index in [0.29, 0.717) is 16.8 Å². The molecule has 1 aromatic carbocycles. The maximum atomic E-state index is 12.5. The first-order chi connectivity index (χ1) is 12.5. The van der Waals surface area contributed by atoms with Gasteiger partial charge in [0.1, 0.15) is 5.69 Å². The molecule has 2 heterocycles. The number of pyridine rings is 1. The van der Waals surface area contributed by atoms with Gasteiger partial charge >= 0.3 is 0 Å². The topological polar surface area (TPSA) is 79.4 Å². The van der Waals surface area contributed by atoms with Gasteiger partial charge in [-0.2, -0.15) is 0 Å². The van der Waals surface area contributed by atoms with E-state index in [0.717, 1.165) is 32.4 Å². The van der Waals surface area contributed by atoms with Crippen molar-refractivity contribution in [1.82, 2.24) is 9.88 Å². The number of carbonyl (C=O) groups excluding carboxylic acids is 3. The lowest BCUT2D eigenvalue weighted by molar-refractivity contribution is 0.0718. The number of hydrogen-bond acceptors (Lipinski definition) is 4. The molecule has 0 aliphatic carbocycles. The second kappa shape index (κ2) is 7.91. The minimum absolute atomic E-state index is 0.0700. The quantitative estimate of drug-likeness (QED) is 0.858. The van der Waals surface area contributed by atoms with Gasteiger partial charge in [-0.1, -0.05) is 12.1 Å². The van der Waals surface area contributed by atoms with E-state index in [-0.39, 0.29) is 23.3 Å². The smallest absolute Gasteiger partial charge is 0.272 e. The van der Waals surface area contributed by atoms with Gasteiger partial charge in [-0.15, -0.1) is 0 Å². The number of amides is 2. The van der Waals surface area contributed by atoms with E-state index in [4.69, 9.17) is 0 Å². The van der Waals surface area contributed by atoms with Crippen molar-refractivity contribution in [2.75, 3.05) is 18.4 Å². The molecular weight excluding hydrogens is 330 g/mol. The first-order valence-electron chi connectivity index (χ1n) is 8.72. The molecule has 0 spiro atoms. The van der Waals surface area contributed by atoms with Crippen LogP contribution in [0.1, 0.15) is 57.4 Å². The Morgan fingerprint density at radius 1 is 1.00 bits per heavy atom. The Kier molecular flexibility index (Phi) is 5.41. The molecular formula is C20H21N3O3. The number of benzene rings is 1. The average Bonchev–Trinajstić information content (AvgIpc) is 2.68. The molecule has 2 aromatic rings. The molecule has 1 N–H and O–H groups in total. The molecule has 0 radical (unpaired) electrons. The number of carbonyl (C=O) groups is 3. The van der Waals surface area contributed by atoms with E-state index in [1.54, 1.807) is 35.2 Å². The normalized spacial score (nSPS) is 14.0. The zero-order valence-corrected chi connectivity index (χ0v) is 14.7. The number of hydrogen-bond donors (Lipinski definition) is 1. The molecule has 0 saturated carbocycles. The SMILES string of the molecule is CC(=O)c1cccc(NC(=O)c2ccnc(C(=O)N3CCCCC3)c2)c1. The Hall–Kier alpha value is -3.02. The van der Waals surface area contributed by atoms with Crippen molar-refractivity contribution < 1.29 is 14.4 Å². The summed E-state index contributed by atoms with van der Waals surface area (Å²) in [5, 5.41) is 2.76. The van der Waals surface area contributed by atoms with Crippen molar-refractivity contribution in [3.63, 3.8) is 0 Å². The maximum Gasteiger partial charge on any atom is 0.272 e. The molecule has 1 saturated heterocycles. The molecule has 134 valence electrons. The summed E-state index contributed by atoms with van der Waals surface area (Å²) in [6.45, 7) is 2.94. The highest BCUT2D eigenvalue weighted by molar-refractivity contribution is 6.06. The Labute approximate surface area is 152 Å². The van der Waals surface area contributed by atoms with Crippen LogP contribution in [0.3, 0.4) is 0 Å². The number of likely N-dealkylation sites (tertiary alicyclic amines) is 1. The second-order valence-electron chi connectivity index (χ2n) is 6.37. The van der Waals surface area contributed by atoms with Gasteiger partial charge in [0.05, 0.1) is 0 Å². The van der Waals surface area contributed by atoms with Crippen LogP contribution < -0.4 is 5.32 Å². The number of Topliss-reactive ketones (excluding diaryl/α,β-unsaturated/α-hetero) is 1. The lowest BCUT2D eigenvalue weighted by Crippen LogP contribution is -2.36. The predicted octanol–water partition coefficient (Wildman–Crippen LogP) is 3.16. The van der Waals surface area contributed by atoms with Gasteiger partial charge in [-0.05, 0) is 50.5 Å². The van der Waals surface area contributed by atoms with Crippen molar-refractivity contribution in [2.45, 2.75) is 26.2 Å². The molecule has 6 heteroatoms. The number of anilines is 1. The van der Waals surface area contributed by atoms with Crippen molar-refractivity contribution >= 4 is 23.3 Å². The Bertz CT molecular complexity index is 842. The summed E-state index contributed by atoms with van der Waals surface area (Å²) < 4.78 is 0. The van der Waals surface area contributed by atoms with Crippen LogP contribution in [0.5, 0.6) is 0 Å². The van der Waals surface area contributed by atoms with Gasteiger partial charge in [0, 0.05) is 36.1 Å². The number of nitrogens with one attached hydrogen (secondary N) is 1. The third-order valence-corrected chi connectivity index (χ3v) is 4.41. The lowest BCUT2D eigenvalue weighted by atomic mass is 10.1. The molecule has 0 unspecified atom stereocenters. The van der Waals surface area contributed by atoms with Gasteiger partial charge in [0.25, 0.3) is 11.8 Å². The van der Waals surface area contributed by atoms with Gasteiger partial charge in [-0.25, -0.2) is 0 Å². The van der Waals surface area contributed by atoms with Crippen LogP contribution in [0, 0.1) is 0 Å². The van der Waals surface area contributed by atoms with Crippen LogP contribution in [-0.2, 0) is 0 Å². The van der Waals surface area contributed by atoms with Gasteiger partial charge in [0.15, 0.2) is 5.78 Å². The Morgan fingerprint density at radius 2 is 1.77 bits per heavy atom. The maximum absolute atomic E-state index is 12.5. The summed E-state index contributed by atoms with van der Waals surface area (Å²) in [5.41, 5.74) is 1.69. The largest absolute Gasteiger partial charge is 0.337 e. The van der Waals surface area contributed by atoms with E-state index in [1.165, 1.54) is 19.2 Å². The number of rotatable bonds is 4. The highest BCUT2D eigenvalue weighted by Gasteiger charge is 2.20. The minimum Gasteiger partial charge on any atom is -0.337 e. The van der Waals surface area contributed by atoms with Crippen molar-refractivity contribution in [3.05, 3.63) is 59.4 Å². The summed E-state index contributed by atoms with van der Waals surface area (Å²) >= 11 is 0. The fraction of sp³-hybridized carbons (Fsp3) is 0.300. The van der Waals surface area contributed by atoms with E-state index in [9.17, 15) is 14.4 Å². The summed E-state index contributed by atoms with van der Waals surface area (Å²) in [5.74, 6) is -0.557. The third kappa shape index (κ3) is 4.14. The molecule has 3 rings (SSSR count). The molecule has 1 fully saturated rings. The Balaban J connectivity index is 1.75. The average molecular weight is 351 g/mol. The van der Waals surface area contributed by atoms with Gasteiger partial charge in [0.2, 0.25) is 0 Å². The zero-order chi connectivity index (χ0) is 18.5. The Morgan fingerprint density at radius 3 is 2.50 bits per heavy atom. The van der Waals surface area contributed by atoms with Crippen molar-refractivity contribution in [3.8, 4) is 0 Å². The van der Waals surface area contributed by atoms with Crippen LogP contribution in [-0.4, -0.2) is 40.6 Å². The molecule has 2 amide bonds. The zero-order valence-electron chi connectivity index (χ0n) is 14.7. The summed E-state index contributed by atoms with van der Waals surface area (Å²) in [6, 6.07) is 9.83. The number of nitrogens with zero attached hydrogens (tertiary/aromatic N) is 2. The van der Waals surface area contributed by atoms with E-state index >= 15 is 0 Å². The molecule has 0 bridgehead atoms. The fourth-order valence-electron chi connectivity index (χ4n) is 2.97. The number of piperidine rings is 1. The van der Waals surface area contributed by atoms with E-state index in [2.05, 4.69) is 10.3 Å². The second-order valence-corrected chi connectivity index (χ2v) is 6.37. The van der Waals surface area contributed by atoms with Crippen molar-refractivity contribution in [2.24, 2.45) is 0 Å². The monoisotopic (exact) mass is 351 g/mol. The number of ketones is 1. The molecule has 1 aliphatic heterocycles. The predicted molar refractivity (Wildman–Crippen MR) is 98.4 cm³/mol. The number of aromatic nitrogens is 1. The summed E-state index contributed by atoms with van der Waals surface area (Å²) in [6.07, 6.45) is 4.61. The standard InChI is InChI=1S/C20H21N3O3/c1-14(24)15-6-5-7-17(12-15)22-19(25)16-8-9-21-18(13-16)20(26)23-10-3-2-4-11-23/h5-9,12-13H,2-4,10-11H2,1H3,(H,22,25). The highest BCUT2D eigenvalue weighted by atomic mass is 16.2. The molecule has 1 aliphatic rings. The summed E-state index contributed by atoms with van der Waals surface area (Å²) in [7, 11) is 0. The molecule has 6 nitrogen and oxygen atoms in total. The van der Waals surface area contributed by atoms with E-state index < -0.39 is 0 Å². The van der Waals surface area contributed by atoms with Crippen molar-refractivity contribution in [1.29, 1.82) is 0 Å². The van der Waals surface area contributed by atoms with E-state index in [1.807, 2.05) is 0 Å². The fourth-order valence-corrected chi connectivity index (χ4v) is 2.97. The highest BCUT2D eigenvalue weighted by Crippen LogP contribution is 2.15. The van der Waals surface area contributed by atoms with Crippen LogP contribution >= 0.6 is 0 Å². The molecule has 0 atom stereocenters. The first-order valence-corrected chi connectivity index (χ1v) is 8.72. The first kappa shape index (κ1) is 17.8. The third-order valence-electron chi connectivity index (χ3n) is 4.41. The van der Waals surface area contributed by atoms with Crippen LogP contribution in [0.4, 0.5) is 5.69 Å². The van der Waals surface area contributed by atoms with Gasteiger partial charge < -0.3 is 10.2 Å². The van der Waals surface area contributed by atoms with Crippen LogP contribution in [0.25, 0.3) is 0 Å². The van der Waals surface area contributed by atoms with Crippen LogP contribution in [0.15, 0.2) is 42.6 Å².